The van der Waals surface area contributed by atoms with Gasteiger partial charge in [-0.1, -0.05) is 57.9 Å². The van der Waals surface area contributed by atoms with Crippen molar-refractivity contribution < 1.29 is 4.74 Å². The fourth-order valence-electron chi connectivity index (χ4n) is 2.70. The van der Waals surface area contributed by atoms with Gasteiger partial charge >= 0.3 is 0 Å². The Balaban J connectivity index is 2.92. The van der Waals surface area contributed by atoms with Crippen LogP contribution in [0.1, 0.15) is 63.6 Å². The number of methoxy groups -OCH3 is 1. The Hall–Kier alpha value is -0.860. The number of nitrogens with one attached hydrogen (secondary N) is 1. The molecule has 1 rings (SSSR count). The molecule has 1 aromatic carbocycles. The second-order valence-corrected chi connectivity index (χ2v) is 5.49. The van der Waals surface area contributed by atoms with Crippen molar-refractivity contribution in [2.45, 2.75) is 65.0 Å². The number of hydrogen-bond donors (Lipinski definition) is 1. The maximum Gasteiger partial charge on any atom is 0.0765 e. The van der Waals surface area contributed by atoms with E-state index in [1.54, 1.807) is 0 Å². The van der Waals surface area contributed by atoms with Crippen LogP contribution in [0.3, 0.4) is 0 Å². The quantitative estimate of drug-likeness (QED) is 0.680. The van der Waals surface area contributed by atoms with E-state index in [1.807, 2.05) is 7.11 Å². The summed E-state index contributed by atoms with van der Waals surface area (Å²) in [7, 11) is 1.83. The first-order valence-corrected chi connectivity index (χ1v) is 8.11. The molecule has 0 amide bonds. The van der Waals surface area contributed by atoms with Gasteiger partial charge in [-0.25, -0.2) is 0 Å². The molecule has 1 aromatic rings. The first-order chi connectivity index (χ1) is 9.76. The van der Waals surface area contributed by atoms with Crippen molar-refractivity contribution in [1.29, 1.82) is 0 Å². The van der Waals surface area contributed by atoms with Gasteiger partial charge in [-0.2, -0.15) is 0 Å². The molecule has 0 fully saturated rings. The summed E-state index contributed by atoms with van der Waals surface area (Å²) in [6, 6.07) is 9.29. The molecule has 1 N–H and O–H groups in total. The Morgan fingerprint density at radius 3 is 2.50 bits per heavy atom. The predicted octanol–water partition coefficient (Wildman–Crippen LogP) is 4.49. The largest absolute Gasteiger partial charge is 0.379 e. The molecule has 0 saturated carbocycles. The normalized spacial score (nSPS) is 14.2. The van der Waals surface area contributed by atoms with E-state index in [4.69, 9.17) is 4.74 Å². The molecule has 0 aliphatic rings. The summed E-state index contributed by atoms with van der Waals surface area (Å²) < 4.78 is 5.74. The van der Waals surface area contributed by atoms with Crippen molar-refractivity contribution in [1.82, 2.24) is 5.32 Å². The number of benzene rings is 1. The van der Waals surface area contributed by atoms with Crippen LogP contribution < -0.4 is 5.32 Å². The summed E-state index contributed by atoms with van der Waals surface area (Å²) in [5.41, 5.74) is 2.80. The number of aryl methyl sites for hydroxylation is 1. The Kier molecular flexibility index (Phi) is 8.56. The first-order valence-electron chi connectivity index (χ1n) is 8.11. The van der Waals surface area contributed by atoms with Gasteiger partial charge in [0.05, 0.1) is 12.1 Å². The summed E-state index contributed by atoms with van der Waals surface area (Å²) in [6.45, 7) is 7.69. The molecule has 0 aliphatic carbocycles. The van der Waals surface area contributed by atoms with Crippen molar-refractivity contribution in [2.24, 2.45) is 0 Å². The van der Waals surface area contributed by atoms with E-state index in [0.717, 1.165) is 32.2 Å². The lowest BCUT2D eigenvalue weighted by molar-refractivity contribution is 0.0606. The lowest BCUT2D eigenvalue weighted by atomic mass is 9.95. The van der Waals surface area contributed by atoms with Crippen molar-refractivity contribution in [2.75, 3.05) is 13.7 Å². The molecule has 2 heteroatoms. The van der Waals surface area contributed by atoms with Crippen LogP contribution in [0.25, 0.3) is 0 Å². The van der Waals surface area contributed by atoms with E-state index in [1.165, 1.54) is 17.5 Å². The van der Waals surface area contributed by atoms with Crippen LogP contribution in [0, 0.1) is 0 Å². The van der Waals surface area contributed by atoms with Crippen molar-refractivity contribution in [3.8, 4) is 0 Å². The zero-order chi connectivity index (χ0) is 14.8. The molecule has 0 saturated heterocycles. The van der Waals surface area contributed by atoms with Crippen molar-refractivity contribution in [3.63, 3.8) is 0 Å². The SMILES string of the molecule is CCCNC(c1cccc(CCC)c1)C(CCC)OC. The maximum atomic E-state index is 5.74. The molecule has 2 nitrogen and oxygen atoms in total. The first kappa shape index (κ1) is 17.2. The molecule has 0 bridgehead atoms. The average molecular weight is 277 g/mol. The molecule has 0 aromatic heterocycles. The number of ether oxygens (including phenoxy) is 1. The van der Waals surface area contributed by atoms with Crippen LogP contribution in [0.4, 0.5) is 0 Å². The molecular formula is C18H31NO. The zero-order valence-electron chi connectivity index (χ0n) is 13.6. The second kappa shape index (κ2) is 9.95. The minimum atomic E-state index is 0.253. The molecule has 0 heterocycles. The third-order valence-electron chi connectivity index (χ3n) is 3.71. The highest BCUT2D eigenvalue weighted by Gasteiger charge is 2.21. The topological polar surface area (TPSA) is 21.3 Å². The lowest BCUT2D eigenvalue weighted by Gasteiger charge is -2.28. The maximum absolute atomic E-state index is 5.74. The van der Waals surface area contributed by atoms with E-state index < -0.39 is 0 Å². The summed E-state index contributed by atoms with van der Waals surface area (Å²) in [5.74, 6) is 0. The van der Waals surface area contributed by atoms with E-state index >= 15 is 0 Å². The van der Waals surface area contributed by atoms with Gasteiger partial charge < -0.3 is 10.1 Å². The minimum absolute atomic E-state index is 0.253. The Morgan fingerprint density at radius 1 is 1.10 bits per heavy atom. The van der Waals surface area contributed by atoms with E-state index in [2.05, 4.69) is 50.4 Å². The van der Waals surface area contributed by atoms with Crippen molar-refractivity contribution >= 4 is 0 Å². The molecular weight excluding hydrogens is 246 g/mol. The Bertz CT molecular complexity index is 364. The van der Waals surface area contributed by atoms with Gasteiger partial charge in [0.25, 0.3) is 0 Å². The minimum Gasteiger partial charge on any atom is -0.379 e. The van der Waals surface area contributed by atoms with Crippen molar-refractivity contribution in [3.05, 3.63) is 35.4 Å². The zero-order valence-corrected chi connectivity index (χ0v) is 13.6. The smallest absolute Gasteiger partial charge is 0.0765 e. The monoisotopic (exact) mass is 277 g/mol. The fraction of sp³-hybridized carbons (Fsp3) is 0.667. The van der Waals surface area contributed by atoms with E-state index in [0.29, 0.717) is 6.04 Å². The van der Waals surface area contributed by atoms with Crippen LogP contribution in [0.2, 0.25) is 0 Å². The number of hydrogen-bond acceptors (Lipinski definition) is 2. The van der Waals surface area contributed by atoms with Crippen LogP contribution in [0.15, 0.2) is 24.3 Å². The highest BCUT2D eigenvalue weighted by atomic mass is 16.5. The average Bonchev–Trinajstić information content (AvgIpc) is 2.47. The molecule has 114 valence electrons. The Morgan fingerprint density at radius 2 is 1.90 bits per heavy atom. The van der Waals surface area contributed by atoms with Crippen LogP contribution in [0.5, 0.6) is 0 Å². The van der Waals surface area contributed by atoms with Crippen LogP contribution in [-0.2, 0) is 11.2 Å². The van der Waals surface area contributed by atoms with Gasteiger partial charge in [-0.15, -0.1) is 0 Å². The summed E-state index contributed by atoms with van der Waals surface area (Å²) >= 11 is 0. The van der Waals surface area contributed by atoms with E-state index in [-0.39, 0.29) is 6.10 Å². The third kappa shape index (κ3) is 5.26. The summed E-state index contributed by atoms with van der Waals surface area (Å²) in [4.78, 5) is 0. The van der Waals surface area contributed by atoms with Gasteiger partial charge in [-0.3, -0.25) is 0 Å². The molecule has 0 spiro atoms. The van der Waals surface area contributed by atoms with E-state index in [9.17, 15) is 0 Å². The van der Waals surface area contributed by atoms with Gasteiger partial charge in [0, 0.05) is 7.11 Å². The third-order valence-corrected chi connectivity index (χ3v) is 3.71. The summed E-state index contributed by atoms with van der Waals surface area (Å²) in [6.07, 6.45) is 5.99. The molecule has 0 radical (unpaired) electrons. The summed E-state index contributed by atoms with van der Waals surface area (Å²) in [5, 5.41) is 3.67. The Labute approximate surface area is 124 Å². The highest BCUT2D eigenvalue weighted by Crippen LogP contribution is 2.24. The molecule has 20 heavy (non-hydrogen) atoms. The molecule has 0 aliphatic heterocycles. The van der Waals surface area contributed by atoms with Gasteiger partial charge in [0.1, 0.15) is 0 Å². The van der Waals surface area contributed by atoms with Gasteiger partial charge in [-0.05, 0) is 36.9 Å². The standard InChI is InChI=1S/C18H31NO/c1-5-9-15-11-8-12-16(14-15)18(19-13-7-3)17(20-4)10-6-2/h8,11-12,14,17-19H,5-7,9-10,13H2,1-4H3. The van der Waals surface area contributed by atoms with Gasteiger partial charge in [0.15, 0.2) is 0 Å². The lowest BCUT2D eigenvalue weighted by Crippen LogP contribution is -2.33. The van der Waals surface area contributed by atoms with Crippen LogP contribution >= 0.6 is 0 Å². The molecule has 2 unspecified atom stereocenters. The fourth-order valence-corrected chi connectivity index (χ4v) is 2.70. The van der Waals surface area contributed by atoms with Crippen LogP contribution in [-0.4, -0.2) is 19.8 Å². The second-order valence-electron chi connectivity index (χ2n) is 5.49. The molecule has 2 atom stereocenters. The number of rotatable bonds is 10. The predicted molar refractivity (Wildman–Crippen MR) is 87.2 cm³/mol. The van der Waals surface area contributed by atoms with Gasteiger partial charge in [0.2, 0.25) is 0 Å². The highest BCUT2D eigenvalue weighted by molar-refractivity contribution is 5.27.